The monoisotopic (exact) mass is 453 g/mol. The number of hydrogen-bond acceptors (Lipinski definition) is 5. The van der Waals surface area contributed by atoms with Crippen LogP contribution in [0.25, 0.3) is 0 Å². The normalized spacial score (nSPS) is 16.5. The summed E-state index contributed by atoms with van der Waals surface area (Å²) in [6, 6.07) is 18.5. The van der Waals surface area contributed by atoms with E-state index in [0.717, 1.165) is 23.3 Å². The molecule has 0 saturated carbocycles. The van der Waals surface area contributed by atoms with Crippen LogP contribution in [0.1, 0.15) is 41.0 Å². The molecule has 0 fully saturated rings. The maximum absolute atomic E-state index is 12.7. The van der Waals surface area contributed by atoms with Crippen molar-refractivity contribution < 1.29 is 13.2 Å². The molecule has 0 spiro atoms. The largest absolute Gasteiger partial charge is 0.343 e. The molecule has 6 nitrogen and oxygen atoms in total. The zero-order valence-electron chi connectivity index (χ0n) is 17.0. The second-order valence-electron chi connectivity index (χ2n) is 7.27. The first-order chi connectivity index (χ1) is 15.0. The first-order valence-electron chi connectivity index (χ1n) is 10.1. The quantitative estimate of drug-likeness (QED) is 0.572. The SMILES string of the molecule is CCCc1ccc([C@@H](NC(=O)CN=C2NS(=O)(=O)c3ccccc32)c2cccs2)cc1. The highest BCUT2D eigenvalue weighted by Crippen LogP contribution is 2.27. The Balaban J connectivity index is 1.52. The Hall–Kier alpha value is -2.97. The summed E-state index contributed by atoms with van der Waals surface area (Å²) >= 11 is 1.57. The van der Waals surface area contributed by atoms with Crippen molar-refractivity contribution >= 4 is 33.1 Å². The Labute approximate surface area is 186 Å². The summed E-state index contributed by atoms with van der Waals surface area (Å²) in [6.07, 6.45) is 2.10. The van der Waals surface area contributed by atoms with Crippen molar-refractivity contribution in [2.75, 3.05) is 6.54 Å². The summed E-state index contributed by atoms with van der Waals surface area (Å²) in [7, 11) is -3.62. The number of thiophene rings is 1. The van der Waals surface area contributed by atoms with Crippen LogP contribution in [0.3, 0.4) is 0 Å². The van der Waals surface area contributed by atoms with Gasteiger partial charge in [-0.25, -0.2) is 8.42 Å². The molecule has 1 aromatic heterocycles. The average molecular weight is 454 g/mol. The lowest BCUT2D eigenvalue weighted by Gasteiger charge is -2.18. The fourth-order valence-corrected chi connectivity index (χ4v) is 5.60. The minimum absolute atomic E-state index is 0.179. The zero-order chi connectivity index (χ0) is 21.8. The zero-order valence-corrected chi connectivity index (χ0v) is 18.7. The molecular formula is C23H23N3O3S2. The van der Waals surface area contributed by atoms with E-state index in [9.17, 15) is 13.2 Å². The molecule has 2 aromatic carbocycles. The van der Waals surface area contributed by atoms with Gasteiger partial charge in [-0.15, -0.1) is 11.3 Å². The molecule has 0 aliphatic carbocycles. The van der Waals surface area contributed by atoms with Crippen molar-refractivity contribution in [2.45, 2.75) is 30.7 Å². The minimum Gasteiger partial charge on any atom is -0.343 e. The topological polar surface area (TPSA) is 87.6 Å². The number of amides is 1. The molecule has 8 heteroatoms. The van der Waals surface area contributed by atoms with Crippen LogP contribution < -0.4 is 10.0 Å². The molecule has 1 amide bonds. The summed E-state index contributed by atoms with van der Waals surface area (Å²) in [4.78, 5) is 18.2. The molecular weight excluding hydrogens is 430 g/mol. The van der Waals surface area contributed by atoms with E-state index in [2.05, 4.69) is 34.1 Å². The van der Waals surface area contributed by atoms with Crippen molar-refractivity contribution in [1.29, 1.82) is 0 Å². The minimum atomic E-state index is -3.62. The van der Waals surface area contributed by atoms with Gasteiger partial charge in [0.1, 0.15) is 12.4 Å². The number of carbonyl (C=O) groups excluding carboxylic acids is 1. The van der Waals surface area contributed by atoms with E-state index in [0.29, 0.717) is 5.56 Å². The van der Waals surface area contributed by atoms with Gasteiger partial charge >= 0.3 is 0 Å². The third-order valence-corrected chi connectivity index (χ3v) is 7.36. The van der Waals surface area contributed by atoms with Gasteiger partial charge in [0.15, 0.2) is 0 Å². The summed E-state index contributed by atoms with van der Waals surface area (Å²) < 4.78 is 26.8. The number of benzene rings is 2. The van der Waals surface area contributed by atoms with Crippen molar-refractivity contribution in [3.8, 4) is 0 Å². The predicted molar refractivity (Wildman–Crippen MR) is 123 cm³/mol. The first kappa shape index (κ1) is 21.3. The van der Waals surface area contributed by atoms with E-state index >= 15 is 0 Å². The van der Waals surface area contributed by atoms with Crippen molar-refractivity contribution in [2.24, 2.45) is 4.99 Å². The Kier molecular flexibility index (Phi) is 6.20. The molecule has 2 N–H and O–H groups in total. The van der Waals surface area contributed by atoms with Gasteiger partial charge in [0.2, 0.25) is 5.91 Å². The predicted octanol–water partition coefficient (Wildman–Crippen LogP) is 3.64. The lowest BCUT2D eigenvalue weighted by Crippen LogP contribution is -2.31. The molecule has 4 rings (SSSR count). The van der Waals surface area contributed by atoms with E-state index in [4.69, 9.17) is 0 Å². The van der Waals surface area contributed by atoms with Gasteiger partial charge < -0.3 is 5.32 Å². The number of aliphatic imine (C=N–C) groups is 1. The molecule has 2 heterocycles. The van der Waals surface area contributed by atoms with E-state index in [1.54, 1.807) is 29.5 Å². The van der Waals surface area contributed by atoms with Gasteiger partial charge in [0.05, 0.1) is 10.9 Å². The highest BCUT2D eigenvalue weighted by Gasteiger charge is 2.30. The lowest BCUT2D eigenvalue weighted by atomic mass is 10.0. The summed E-state index contributed by atoms with van der Waals surface area (Å²) in [6.45, 7) is 1.97. The van der Waals surface area contributed by atoms with E-state index in [1.165, 1.54) is 11.6 Å². The average Bonchev–Trinajstić information content (AvgIpc) is 3.38. The van der Waals surface area contributed by atoms with Gasteiger partial charge in [0, 0.05) is 10.4 Å². The molecule has 0 saturated heterocycles. The molecule has 31 heavy (non-hydrogen) atoms. The highest BCUT2D eigenvalue weighted by atomic mass is 32.2. The second-order valence-corrected chi connectivity index (χ2v) is 9.90. The van der Waals surface area contributed by atoms with E-state index in [-0.39, 0.29) is 29.2 Å². The standard InChI is InChI=1S/C23H23N3O3S2/c1-2-6-16-10-12-17(13-11-16)22(19-8-5-14-30-19)25-21(27)15-24-23-18-7-3-4-9-20(18)31(28,29)26-23/h3-5,7-14,22H,2,6,15H2,1H3,(H,24,26)(H,25,27)/t22-/m1/s1. The fraction of sp³-hybridized carbons (Fsp3) is 0.217. The third-order valence-electron chi connectivity index (χ3n) is 5.03. The number of sulfonamides is 1. The molecule has 1 aliphatic heterocycles. The number of hydrogen-bond donors (Lipinski definition) is 2. The Morgan fingerprint density at radius 1 is 1.10 bits per heavy atom. The Morgan fingerprint density at radius 2 is 1.87 bits per heavy atom. The molecule has 0 bridgehead atoms. The molecule has 1 atom stereocenters. The molecule has 3 aromatic rings. The number of amidine groups is 1. The number of nitrogens with zero attached hydrogens (tertiary/aromatic N) is 1. The maximum atomic E-state index is 12.7. The smallest absolute Gasteiger partial charge is 0.263 e. The highest BCUT2D eigenvalue weighted by molar-refractivity contribution is 7.90. The van der Waals surface area contributed by atoms with Crippen LogP contribution >= 0.6 is 11.3 Å². The molecule has 0 radical (unpaired) electrons. The van der Waals surface area contributed by atoms with Gasteiger partial charge in [-0.05, 0) is 41.1 Å². The summed E-state index contributed by atoms with van der Waals surface area (Å²) in [5.41, 5.74) is 2.74. The van der Waals surface area contributed by atoms with Crippen LogP contribution in [0.15, 0.2) is 75.9 Å². The van der Waals surface area contributed by atoms with Gasteiger partial charge in [0.25, 0.3) is 10.0 Å². The maximum Gasteiger partial charge on any atom is 0.263 e. The van der Waals surface area contributed by atoms with Crippen LogP contribution in [0.2, 0.25) is 0 Å². The number of fused-ring (bicyclic) bond motifs is 1. The first-order valence-corrected chi connectivity index (χ1v) is 12.4. The van der Waals surface area contributed by atoms with Gasteiger partial charge in [-0.2, -0.15) is 0 Å². The molecule has 160 valence electrons. The van der Waals surface area contributed by atoms with Gasteiger partial charge in [-0.3, -0.25) is 14.5 Å². The van der Waals surface area contributed by atoms with Crippen LogP contribution in [0.5, 0.6) is 0 Å². The van der Waals surface area contributed by atoms with Crippen LogP contribution in [-0.2, 0) is 21.2 Å². The van der Waals surface area contributed by atoms with Gasteiger partial charge in [-0.1, -0.05) is 55.8 Å². The van der Waals surface area contributed by atoms with Crippen LogP contribution in [0.4, 0.5) is 0 Å². The van der Waals surface area contributed by atoms with Crippen LogP contribution in [-0.4, -0.2) is 26.7 Å². The summed E-state index contributed by atoms with van der Waals surface area (Å²) in [5, 5.41) is 5.02. The van der Waals surface area contributed by atoms with Crippen molar-refractivity contribution in [1.82, 2.24) is 10.0 Å². The third kappa shape index (κ3) is 4.70. The molecule has 0 unspecified atom stereocenters. The second kappa shape index (κ2) is 9.03. The number of aryl methyl sites for hydroxylation is 1. The lowest BCUT2D eigenvalue weighted by molar-refractivity contribution is -0.120. The Morgan fingerprint density at radius 3 is 2.58 bits per heavy atom. The number of rotatable bonds is 7. The van der Waals surface area contributed by atoms with Crippen LogP contribution in [0, 0.1) is 0 Å². The number of carbonyl (C=O) groups is 1. The van der Waals surface area contributed by atoms with E-state index < -0.39 is 10.0 Å². The van der Waals surface area contributed by atoms with E-state index in [1.807, 2.05) is 29.6 Å². The number of nitrogens with one attached hydrogen (secondary N) is 2. The van der Waals surface area contributed by atoms with Crippen molar-refractivity contribution in [3.63, 3.8) is 0 Å². The summed E-state index contributed by atoms with van der Waals surface area (Å²) in [5.74, 6) is -0.0885. The molecule has 1 aliphatic rings. The fourth-order valence-electron chi connectivity index (χ4n) is 3.55. The Bertz CT molecular complexity index is 1200. The van der Waals surface area contributed by atoms with Crippen molar-refractivity contribution in [3.05, 3.63) is 87.6 Å².